The summed E-state index contributed by atoms with van der Waals surface area (Å²) in [5.74, 6) is 0.411. The van der Waals surface area contributed by atoms with E-state index >= 15 is 0 Å². The second-order valence-corrected chi connectivity index (χ2v) is 7.25. The number of nitrogens with zero attached hydrogens (tertiary/aromatic N) is 3. The van der Waals surface area contributed by atoms with Crippen molar-refractivity contribution in [3.63, 3.8) is 0 Å². The highest BCUT2D eigenvalue weighted by Gasteiger charge is 2.25. The molecule has 1 aromatic carbocycles. The van der Waals surface area contributed by atoms with Gasteiger partial charge in [-0.1, -0.05) is 17.7 Å². The quantitative estimate of drug-likeness (QED) is 0.891. The molecule has 1 aliphatic heterocycles. The number of rotatable bonds is 4. The summed E-state index contributed by atoms with van der Waals surface area (Å²) in [4.78, 5) is 15.4. The maximum Gasteiger partial charge on any atom is 0.316 e. The minimum atomic E-state index is -0.227. The molecular formula is C19H23ClN4O2. The van der Waals surface area contributed by atoms with E-state index in [0.717, 1.165) is 57.5 Å². The average molecular weight is 375 g/mol. The fourth-order valence-corrected chi connectivity index (χ4v) is 3.82. The van der Waals surface area contributed by atoms with Crippen LogP contribution in [-0.2, 0) is 0 Å². The van der Waals surface area contributed by atoms with Crippen LogP contribution in [0.4, 0.5) is 5.69 Å². The summed E-state index contributed by atoms with van der Waals surface area (Å²) in [6.45, 7) is 3.45. The molecule has 2 aliphatic rings. The molecule has 0 spiro atoms. The van der Waals surface area contributed by atoms with Crippen LogP contribution in [-0.4, -0.2) is 42.1 Å². The standard InChI is InChI=1S/C19H23ClN4O2/c20-14-4-3-5-15(12-14)24-19(25)18(26-16-6-1-2-7-16)17(13-22-24)23-10-8-21-9-11-23/h3-5,12-13,16,21H,1-2,6-11H2. The first-order valence-corrected chi connectivity index (χ1v) is 9.61. The van der Waals surface area contributed by atoms with Crippen LogP contribution in [0.25, 0.3) is 5.69 Å². The van der Waals surface area contributed by atoms with E-state index in [1.54, 1.807) is 18.3 Å². The zero-order valence-electron chi connectivity index (χ0n) is 14.7. The predicted molar refractivity (Wildman–Crippen MR) is 103 cm³/mol. The molecule has 1 N–H and O–H groups in total. The van der Waals surface area contributed by atoms with E-state index in [1.165, 1.54) is 4.68 Å². The van der Waals surface area contributed by atoms with Gasteiger partial charge in [0.05, 0.1) is 18.0 Å². The van der Waals surface area contributed by atoms with Crippen molar-refractivity contribution >= 4 is 17.3 Å². The summed E-state index contributed by atoms with van der Waals surface area (Å²) in [6.07, 6.45) is 6.17. The van der Waals surface area contributed by atoms with E-state index < -0.39 is 0 Å². The molecule has 2 fully saturated rings. The topological polar surface area (TPSA) is 59.4 Å². The molecule has 1 saturated heterocycles. The third-order valence-corrected chi connectivity index (χ3v) is 5.25. The number of nitrogens with one attached hydrogen (secondary N) is 1. The Morgan fingerprint density at radius 3 is 2.69 bits per heavy atom. The predicted octanol–water partition coefficient (Wildman–Crippen LogP) is 2.62. The summed E-state index contributed by atoms with van der Waals surface area (Å²) in [5.41, 5.74) is 1.21. The summed E-state index contributed by atoms with van der Waals surface area (Å²) < 4.78 is 7.59. The number of benzene rings is 1. The summed E-state index contributed by atoms with van der Waals surface area (Å²) in [7, 11) is 0. The van der Waals surface area contributed by atoms with Gasteiger partial charge in [0.25, 0.3) is 0 Å². The molecule has 7 heteroatoms. The number of aromatic nitrogens is 2. The van der Waals surface area contributed by atoms with Crippen molar-refractivity contribution in [1.82, 2.24) is 15.1 Å². The van der Waals surface area contributed by atoms with Crippen LogP contribution in [0.1, 0.15) is 25.7 Å². The van der Waals surface area contributed by atoms with E-state index in [0.29, 0.717) is 16.5 Å². The van der Waals surface area contributed by atoms with Gasteiger partial charge in [0.15, 0.2) is 0 Å². The second kappa shape index (κ2) is 7.68. The van der Waals surface area contributed by atoms with Crippen molar-refractivity contribution < 1.29 is 4.74 Å². The Balaban J connectivity index is 1.76. The van der Waals surface area contributed by atoms with Crippen LogP contribution in [0.3, 0.4) is 0 Å². The van der Waals surface area contributed by atoms with Gasteiger partial charge in [-0.25, -0.2) is 0 Å². The molecule has 1 aromatic heterocycles. The fraction of sp³-hybridized carbons (Fsp3) is 0.474. The van der Waals surface area contributed by atoms with Gasteiger partial charge < -0.3 is 15.0 Å². The second-order valence-electron chi connectivity index (χ2n) is 6.82. The normalized spacial score (nSPS) is 18.3. The van der Waals surface area contributed by atoms with Crippen molar-refractivity contribution in [1.29, 1.82) is 0 Å². The molecule has 1 aliphatic carbocycles. The van der Waals surface area contributed by atoms with Gasteiger partial charge in [-0.15, -0.1) is 0 Å². The van der Waals surface area contributed by atoms with Crippen LogP contribution in [0.2, 0.25) is 5.02 Å². The minimum Gasteiger partial charge on any atom is -0.483 e. The zero-order valence-corrected chi connectivity index (χ0v) is 15.4. The lowest BCUT2D eigenvalue weighted by molar-refractivity contribution is 0.206. The summed E-state index contributed by atoms with van der Waals surface area (Å²) in [5, 5.41) is 8.31. The van der Waals surface area contributed by atoms with Crippen molar-refractivity contribution in [3.05, 3.63) is 45.8 Å². The fourth-order valence-electron chi connectivity index (χ4n) is 3.64. The van der Waals surface area contributed by atoms with Crippen molar-refractivity contribution in [2.75, 3.05) is 31.1 Å². The molecule has 0 bridgehead atoms. The Bertz CT molecular complexity index is 827. The van der Waals surface area contributed by atoms with Crippen LogP contribution in [0.5, 0.6) is 5.75 Å². The van der Waals surface area contributed by atoms with Crippen molar-refractivity contribution in [2.24, 2.45) is 0 Å². The Hall–Kier alpha value is -2.05. The number of ether oxygens (including phenoxy) is 1. The van der Waals surface area contributed by atoms with Gasteiger partial charge in [-0.2, -0.15) is 9.78 Å². The monoisotopic (exact) mass is 374 g/mol. The molecule has 6 nitrogen and oxygen atoms in total. The Kier molecular flexibility index (Phi) is 5.13. The smallest absolute Gasteiger partial charge is 0.316 e. The Morgan fingerprint density at radius 1 is 1.19 bits per heavy atom. The first-order valence-electron chi connectivity index (χ1n) is 9.23. The third kappa shape index (κ3) is 3.57. The minimum absolute atomic E-state index is 0.111. The van der Waals surface area contributed by atoms with Crippen LogP contribution in [0, 0.1) is 0 Å². The van der Waals surface area contributed by atoms with Gasteiger partial charge in [0, 0.05) is 31.2 Å². The van der Waals surface area contributed by atoms with Gasteiger partial charge in [-0.05, 0) is 43.9 Å². The van der Waals surface area contributed by atoms with Gasteiger partial charge in [-0.3, -0.25) is 4.79 Å². The van der Waals surface area contributed by atoms with Crippen LogP contribution < -0.4 is 20.5 Å². The van der Waals surface area contributed by atoms with E-state index in [1.807, 2.05) is 12.1 Å². The van der Waals surface area contributed by atoms with E-state index in [9.17, 15) is 4.79 Å². The molecule has 4 rings (SSSR count). The lowest BCUT2D eigenvalue weighted by Crippen LogP contribution is -2.44. The summed E-state index contributed by atoms with van der Waals surface area (Å²) >= 11 is 6.09. The number of hydrogen-bond acceptors (Lipinski definition) is 5. The highest BCUT2D eigenvalue weighted by molar-refractivity contribution is 6.30. The molecule has 138 valence electrons. The van der Waals surface area contributed by atoms with Crippen molar-refractivity contribution in [2.45, 2.75) is 31.8 Å². The van der Waals surface area contributed by atoms with Crippen LogP contribution in [0.15, 0.2) is 35.3 Å². The molecule has 0 amide bonds. The first kappa shape index (κ1) is 17.4. The first-order chi connectivity index (χ1) is 12.7. The maximum atomic E-state index is 13.2. The van der Waals surface area contributed by atoms with Gasteiger partial charge in [0.2, 0.25) is 5.75 Å². The lowest BCUT2D eigenvalue weighted by Gasteiger charge is -2.31. The van der Waals surface area contributed by atoms with Crippen molar-refractivity contribution in [3.8, 4) is 11.4 Å². The number of halogens is 1. The number of piperazine rings is 1. The number of hydrogen-bond donors (Lipinski definition) is 1. The van der Waals surface area contributed by atoms with Gasteiger partial charge >= 0.3 is 5.56 Å². The van der Waals surface area contributed by atoms with Gasteiger partial charge in [0.1, 0.15) is 5.69 Å². The highest BCUT2D eigenvalue weighted by atomic mass is 35.5. The average Bonchev–Trinajstić information content (AvgIpc) is 3.17. The highest BCUT2D eigenvalue weighted by Crippen LogP contribution is 2.29. The zero-order chi connectivity index (χ0) is 17.9. The lowest BCUT2D eigenvalue weighted by atomic mass is 10.2. The molecule has 2 heterocycles. The van der Waals surface area contributed by atoms with E-state index in [-0.39, 0.29) is 11.7 Å². The maximum absolute atomic E-state index is 13.2. The molecule has 1 saturated carbocycles. The molecule has 2 aromatic rings. The van der Waals surface area contributed by atoms with Crippen LogP contribution >= 0.6 is 11.6 Å². The largest absolute Gasteiger partial charge is 0.483 e. The Morgan fingerprint density at radius 2 is 1.96 bits per heavy atom. The number of anilines is 1. The van der Waals surface area contributed by atoms with E-state index in [2.05, 4.69) is 15.3 Å². The molecular weight excluding hydrogens is 352 g/mol. The van der Waals surface area contributed by atoms with E-state index in [4.69, 9.17) is 16.3 Å². The third-order valence-electron chi connectivity index (χ3n) is 5.01. The summed E-state index contributed by atoms with van der Waals surface area (Å²) in [6, 6.07) is 7.15. The molecule has 0 unspecified atom stereocenters. The molecule has 0 radical (unpaired) electrons. The molecule has 0 atom stereocenters. The molecule has 26 heavy (non-hydrogen) atoms. The Labute approximate surface area is 157 Å². The SMILES string of the molecule is O=c1c(OC2CCCC2)c(N2CCNCC2)cnn1-c1cccc(Cl)c1.